The molecule has 52 heavy (non-hydrogen) atoms. The van der Waals surface area contributed by atoms with Crippen LogP contribution in [0, 0.1) is 0 Å². The van der Waals surface area contributed by atoms with Crippen LogP contribution in [0.5, 0.6) is 0 Å². The third kappa shape index (κ3) is 10.8. The Morgan fingerprint density at radius 3 is 2.42 bits per heavy atom. The summed E-state index contributed by atoms with van der Waals surface area (Å²) >= 11 is 8.56. The van der Waals surface area contributed by atoms with Gasteiger partial charge >= 0.3 is 6.72 Å². The van der Waals surface area contributed by atoms with Crippen molar-refractivity contribution in [2.75, 3.05) is 31.7 Å². The van der Waals surface area contributed by atoms with Crippen LogP contribution in [-0.2, 0) is 55.4 Å². The first-order valence-electron chi connectivity index (χ1n) is 17.1. The minimum absolute atomic E-state index is 0.0596. The number of carbonyl (C=O) groups excluding carboxylic acids is 3. The van der Waals surface area contributed by atoms with Crippen molar-refractivity contribution in [1.29, 1.82) is 0 Å². The molecule has 15 nitrogen and oxygen atoms in total. The molecule has 1 aliphatic heterocycles. The van der Waals surface area contributed by atoms with Gasteiger partial charge in [-0.3, -0.25) is 19.1 Å². The monoisotopic (exact) mass is 815 g/mol. The Morgan fingerprint density at radius 1 is 0.942 bits per heavy atom. The van der Waals surface area contributed by atoms with Crippen molar-refractivity contribution < 1.29 is 28.3 Å². The van der Waals surface area contributed by atoms with Crippen LogP contribution in [0.1, 0.15) is 62.6 Å². The Hall–Kier alpha value is -3.86. The number of hydrogen-bond donors (Lipinski definition) is 2. The largest absolute Gasteiger partial charge is 0.356 e. The number of aryl methyl sites for hydroxylation is 1. The fourth-order valence-electron chi connectivity index (χ4n) is 5.81. The molecule has 0 saturated heterocycles. The van der Waals surface area contributed by atoms with Crippen LogP contribution >= 0.6 is 22.9 Å². The van der Waals surface area contributed by atoms with Gasteiger partial charge in [0.05, 0.1) is 48.1 Å². The topological polar surface area (TPSA) is 170 Å². The molecule has 18 heteroatoms. The first-order valence-corrected chi connectivity index (χ1v) is 20.4. The summed E-state index contributed by atoms with van der Waals surface area (Å²) in [7, 11) is 3.46. The molecule has 3 heterocycles. The van der Waals surface area contributed by atoms with Gasteiger partial charge in [0.25, 0.3) is 0 Å². The lowest BCUT2D eigenvalue weighted by molar-refractivity contribution is -0.130. The van der Waals surface area contributed by atoms with Crippen LogP contribution < -0.4 is 10.2 Å². The molecule has 4 aromatic rings. The Labute approximate surface area is 316 Å². The van der Waals surface area contributed by atoms with Gasteiger partial charge in [-0.25, -0.2) is 0 Å². The van der Waals surface area contributed by atoms with E-state index in [0.717, 1.165) is 47.3 Å². The van der Waals surface area contributed by atoms with E-state index in [2.05, 4.69) is 42.1 Å². The lowest BCUT2D eigenvalue weighted by Gasteiger charge is -2.28. The fraction of sp³-hybridized carbons (Fsp3) is 0.441. The van der Waals surface area contributed by atoms with Crippen molar-refractivity contribution in [3.8, 4) is 22.5 Å². The average Bonchev–Trinajstić information content (AvgIpc) is 3.72. The van der Waals surface area contributed by atoms with Gasteiger partial charge in [0, 0.05) is 57.2 Å². The third-order valence-electron chi connectivity index (χ3n) is 8.46. The Bertz CT molecular complexity index is 1910. The maximum Gasteiger partial charge on any atom is 0.324 e. The van der Waals surface area contributed by atoms with E-state index < -0.39 is 6.72 Å². The molecular weight excluding hydrogens is 773 g/mol. The van der Waals surface area contributed by atoms with E-state index >= 15 is 0 Å². The fourth-order valence-corrected chi connectivity index (χ4v) is 7.48. The molecule has 1 atom stereocenters. The minimum atomic E-state index is -3.39. The summed E-state index contributed by atoms with van der Waals surface area (Å²) in [6.07, 6.45) is 5.61. The first-order chi connectivity index (χ1) is 25.0. The van der Waals surface area contributed by atoms with Crippen molar-refractivity contribution in [1.82, 2.24) is 39.2 Å². The van der Waals surface area contributed by atoms with Gasteiger partial charge in [-0.2, -0.15) is 3.71 Å². The summed E-state index contributed by atoms with van der Waals surface area (Å²) in [6, 6.07) is 15.4. The SMILES string of the molecule is CN(Cc1cn(C)nn1)C(=O)CCCOP(O)(=S)OCCCCCCNC(=O)CCC(=O)N1Cc2ccccc2-c2c(nnn2Br)-c2ccccc21. The zero-order valence-corrected chi connectivity index (χ0v) is 32.5. The van der Waals surface area contributed by atoms with Crippen molar-refractivity contribution >= 4 is 58.1 Å². The van der Waals surface area contributed by atoms with Crippen molar-refractivity contribution in [2.24, 2.45) is 7.05 Å². The number of rotatable bonds is 18. The third-order valence-corrected chi connectivity index (χ3v) is 10.6. The number of unbranched alkanes of at least 4 members (excludes halogenated alkanes) is 3. The second-order valence-electron chi connectivity index (χ2n) is 12.4. The molecular formula is C34H43BrN9O6PS. The van der Waals surface area contributed by atoms with E-state index in [1.165, 1.54) is 0 Å². The van der Waals surface area contributed by atoms with Gasteiger partial charge < -0.3 is 29.1 Å². The summed E-state index contributed by atoms with van der Waals surface area (Å²) in [5.74, 6) is -0.413. The number of benzene rings is 2. The number of halogens is 1. The number of hydrogen-bond acceptors (Lipinski definition) is 10. The van der Waals surface area contributed by atoms with E-state index in [-0.39, 0.29) is 50.2 Å². The molecule has 0 fully saturated rings. The maximum atomic E-state index is 13.6. The zero-order chi connectivity index (χ0) is 37.1. The minimum Gasteiger partial charge on any atom is -0.356 e. The van der Waals surface area contributed by atoms with E-state index in [9.17, 15) is 19.3 Å². The van der Waals surface area contributed by atoms with Gasteiger partial charge in [-0.05, 0) is 42.7 Å². The number of amides is 3. The van der Waals surface area contributed by atoms with E-state index in [1.54, 1.807) is 38.5 Å². The molecule has 0 spiro atoms. The van der Waals surface area contributed by atoms with E-state index in [1.807, 2.05) is 48.5 Å². The molecule has 0 radical (unpaired) electrons. The standard InChI is InChI=1S/C34H43BrN9O6PS/c1-41(23-26-24-42(2)39-37-26)31(46)16-11-21-50-51(48,52)49-20-10-4-3-9-19-36-30(45)17-18-32(47)43-22-25-12-5-6-13-27(25)34-33(38-40-44(34)35)28-14-7-8-15-29(28)43/h5-8,12-15,24H,3-4,9-11,16-23H2,1-2H3,(H,36,45)(H,48,52). The van der Waals surface area contributed by atoms with Crippen LogP contribution in [0.4, 0.5) is 5.69 Å². The van der Waals surface area contributed by atoms with Crippen molar-refractivity contribution in [3.63, 3.8) is 0 Å². The number of para-hydroxylation sites is 1. The normalized spacial score (nSPS) is 13.3. The average molecular weight is 817 g/mol. The number of carbonyl (C=O) groups is 3. The molecule has 0 bridgehead atoms. The molecule has 5 rings (SSSR count). The van der Waals surface area contributed by atoms with Crippen molar-refractivity contribution in [3.05, 3.63) is 66.0 Å². The van der Waals surface area contributed by atoms with Crippen molar-refractivity contribution in [2.45, 2.75) is 64.5 Å². The Balaban J connectivity index is 0.955. The number of fused-ring (bicyclic) bond motifs is 5. The summed E-state index contributed by atoms with van der Waals surface area (Å²) < 4.78 is 13.9. The summed E-state index contributed by atoms with van der Waals surface area (Å²) in [5, 5.41) is 19.3. The number of aromatic nitrogens is 6. The van der Waals surface area contributed by atoms with Crippen LogP contribution in [0.25, 0.3) is 22.5 Å². The van der Waals surface area contributed by atoms with Gasteiger partial charge in [-0.1, -0.05) is 65.7 Å². The lowest BCUT2D eigenvalue weighted by atomic mass is 9.95. The molecule has 2 aromatic heterocycles. The summed E-state index contributed by atoms with van der Waals surface area (Å²) in [5.41, 5.74) is 5.55. The molecule has 0 saturated carbocycles. The second kappa shape index (κ2) is 18.8. The molecule has 1 aliphatic rings. The van der Waals surface area contributed by atoms with Gasteiger partial charge in [0.1, 0.15) is 17.1 Å². The van der Waals surface area contributed by atoms with Gasteiger partial charge in [-0.15, -0.1) is 10.2 Å². The highest BCUT2D eigenvalue weighted by atomic mass is 79.9. The Morgan fingerprint density at radius 2 is 1.65 bits per heavy atom. The predicted molar refractivity (Wildman–Crippen MR) is 202 cm³/mol. The highest BCUT2D eigenvalue weighted by Gasteiger charge is 2.29. The van der Waals surface area contributed by atoms with Crippen LogP contribution in [0.15, 0.2) is 54.7 Å². The smallest absolute Gasteiger partial charge is 0.324 e. The number of nitrogens with one attached hydrogen (secondary N) is 1. The summed E-state index contributed by atoms with van der Waals surface area (Å²) in [6.45, 7) is -1.83. The highest BCUT2D eigenvalue weighted by Crippen LogP contribution is 2.44. The first kappa shape index (κ1) is 39.3. The molecule has 1 unspecified atom stereocenters. The van der Waals surface area contributed by atoms with Crippen LogP contribution in [-0.4, -0.2) is 83.3 Å². The van der Waals surface area contributed by atoms with E-state index in [0.29, 0.717) is 43.9 Å². The molecule has 0 aliphatic carbocycles. The van der Waals surface area contributed by atoms with Gasteiger partial charge in [0.2, 0.25) is 17.7 Å². The molecule has 278 valence electrons. The van der Waals surface area contributed by atoms with Gasteiger partial charge in [0.15, 0.2) is 0 Å². The second-order valence-corrected chi connectivity index (χ2v) is 15.9. The quantitative estimate of drug-likeness (QED) is 0.104. The zero-order valence-electron chi connectivity index (χ0n) is 29.2. The van der Waals surface area contributed by atoms with Crippen LogP contribution in [0.3, 0.4) is 0 Å². The predicted octanol–water partition coefficient (Wildman–Crippen LogP) is 4.89. The number of nitrogens with zero attached hydrogens (tertiary/aromatic N) is 8. The summed E-state index contributed by atoms with van der Waals surface area (Å²) in [4.78, 5) is 52.2. The Kier molecular flexibility index (Phi) is 14.2. The lowest BCUT2D eigenvalue weighted by Crippen LogP contribution is -2.33. The molecule has 2 N–H and O–H groups in total. The van der Waals surface area contributed by atoms with E-state index in [4.69, 9.17) is 20.9 Å². The van der Waals surface area contributed by atoms with Crippen LogP contribution in [0.2, 0.25) is 0 Å². The highest BCUT2D eigenvalue weighted by molar-refractivity contribution is 9.08. The molecule has 3 amide bonds. The number of anilines is 1. The maximum absolute atomic E-state index is 13.6. The molecule has 2 aromatic carbocycles.